The van der Waals surface area contributed by atoms with Crippen LogP contribution in [0, 0.1) is 11.6 Å². The highest BCUT2D eigenvalue weighted by atomic mass is 19.2. The van der Waals surface area contributed by atoms with Gasteiger partial charge in [0.2, 0.25) is 0 Å². The minimum absolute atomic E-state index is 0.0621. The van der Waals surface area contributed by atoms with E-state index >= 15 is 0 Å². The molecule has 0 aliphatic rings. The van der Waals surface area contributed by atoms with Gasteiger partial charge in [-0.3, -0.25) is 0 Å². The molecule has 0 amide bonds. The number of rotatable bonds is 3. The highest BCUT2D eigenvalue weighted by Gasteiger charge is 2.28. The first kappa shape index (κ1) is 11.0. The first-order valence-corrected chi connectivity index (χ1v) is 4.26. The van der Waals surface area contributed by atoms with E-state index in [2.05, 4.69) is 5.32 Å². The normalized spacial score (nSPS) is 15.2. The van der Waals surface area contributed by atoms with E-state index in [1.54, 1.807) is 7.05 Å². The van der Waals surface area contributed by atoms with Crippen molar-refractivity contribution < 1.29 is 13.2 Å². The van der Waals surface area contributed by atoms with E-state index in [9.17, 15) is 13.2 Å². The Labute approximate surface area is 80.9 Å². The third-order valence-electron chi connectivity index (χ3n) is 2.00. The van der Waals surface area contributed by atoms with Gasteiger partial charge in [0, 0.05) is 12.1 Å². The Kier molecular flexibility index (Phi) is 3.16. The minimum atomic E-state index is -1.90. The molecule has 0 aromatic heterocycles. The number of nitrogens with one attached hydrogen (secondary N) is 1. The Hall–Kier alpha value is -1.03. The maximum Gasteiger partial charge on any atom is 0.148 e. The van der Waals surface area contributed by atoms with E-state index < -0.39 is 17.3 Å². The zero-order valence-electron chi connectivity index (χ0n) is 8.07. The molecule has 0 radical (unpaired) electrons. The first-order chi connectivity index (χ1) is 6.47. The van der Waals surface area contributed by atoms with Gasteiger partial charge in [0.1, 0.15) is 17.3 Å². The van der Waals surface area contributed by atoms with Gasteiger partial charge in [-0.05, 0) is 32.2 Å². The Morgan fingerprint density at radius 2 is 2.00 bits per heavy atom. The topological polar surface area (TPSA) is 12.0 Å². The molecule has 1 N–H and O–H groups in total. The molecule has 0 fully saturated rings. The van der Waals surface area contributed by atoms with Crippen LogP contribution >= 0.6 is 0 Å². The van der Waals surface area contributed by atoms with Gasteiger partial charge in [0.05, 0.1) is 0 Å². The van der Waals surface area contributed by atoms with Gasteiger partial charge in [-0.2, -0.15) is 0 Å². The summed E-state index contributed by atoms with van der Waals surface area (Å²) in [5.41, 5.74) is -2.16. The quantitative estimate of drug-likeness (QED) is 0.795. The van der Waals surface area contributed by atoms with Crippen molar-refractivity contribution in [3.63, 3.8) is 0 Å². The summed E-state index contributed by atoms with van der Waals surface area (Å²) in [4.78, 5) is 0. The summed E-state index contributed by atoms with van der Waals surface area (Å²) in [5.74, 6) is -1.37. The van der Waals surface area contributed by atoms with Gasteiger partial charge in [0.15, 0.2) is 0 Å². The molecular weight excluding hydrogens is 191 g/mol. The predicted molar refractivity (Wildman–Crippen MR) is 48.7 cm³/mol. The summed E-state index contributed by atoms with van der Waals surface area (Å²) in [6.07, 6.45) is 0. The molecule has 0 heterocycles. The number of hydrogen-bond acceptors (Lipinski definition) is 1. The molecule has 0 saturated heterocycles. The molecule has 0 bridgehead atoms. The highest BCUT2D eigenvalue weighted by Crippen LogP contribution is 2.27. The van der Waals surface area contributed by atoms with E-state index in [4.69, 9.17) is 0 Å². The van der Waals surface area contributed by atoms with Crippen LogP contribution in [-0.2, 0) is 5.67 Å². The first-order valence-electron chi connectivity index (χ1n) is 4.26. The van der Waals surface area contributed by atoms with Crippen LogP contribution in [0.3, 0.4) is 0 Å². The van der Waals surface area contributed by atoms with Crippen LogP contribution < -0.4 is 5.32 Å². The Balaban J connectivity index is 3.10. The molecule has 78 valence electrons. The van der Waals surface area contributed by atoms with Gasteiger partial charge in [-0.25, -0.2) is 13.2 Å². The van der Waals surface area contributed by atoms with Crippen molar-refractivity contribution in [3.05, 3.63) is 35.4 Å². The van der Waals surface area contributed by atoms with Crippen LogP contribution in [0.15, 0.2) is 18.2 Å². The molecule has 1 atom stereocenters. The average molecular weight is 203 g/mol. The Bertz CT molecular complexity index is 323. The average Bonchev–Trinajstić information content (AvgIpc) is 2.09. The lowest BCUT2D eigenvalue weighted by Crippen LogP contribution is -2.30. The maximum atomic E-state index is 13.8. The van der Waals surface area contributed by atoms with Crippen LogP contribution in [0.2, 0.25) is 0 Å². The monoisotopic (exact) mass is 203 g/mol. The lowest BCUT2D eigenvalue weighted by atomic mass is 9.97. The van der Waals surface area contributed by atoms with E-state index in [0.717, 1.165) is 18.2 Å². The zero-order chi connectivity index (χ0) is 10.8. The van der Waals surface area contributed by atoms with Crippen molar-refractivity contribution >= 4 is 0 Å². The lowest BCUT2D eigenvalue weighted by molar-refractivity contribution is 0.183. The van der Waals surface area contributed by atoms with Crippen molar-refractivity contribution in [2.45, 2.75) is 12.6 Å². The predicted octanol–water partition coefficient (Wildman–Crippen LogP) is 2.37. The fourth-order valence-corrected chi connectivity index (χ4v) is 1.32. The fourth-order valence-electron chi connectivity index (χ4n) is 1.32. The van der Waals surface area contributed by atoms with Gasteiger partial charge in [0.25, 0.3) is 0 Å². The summed E-state index contributed by atoms with van der Waals surface area (Å²) in [5, 5.41) is 2.59. The van der Waals surface area contributed by atoms with Gasteiger partial charge in [-0.1, -0.05) is 0 Å². The van der Waals surface area contributed by atoms with Crippen molar-refractivity contribution in [1.82, 2.24) is 5.32 Å². The number of alkyl halides is 1. The molecule has 4 heteroatoms. The van der Waals surface area contributed by atoms with Crippen LogP contribution in [0.1, 0.15) is 12.5 Å². The molecule has 1 unspecified atom stereocenters. The largest absolute Gasteiger partial charge is 0.316 e. The number of benzene rings is 1. The molecule has 0 aliphatic heterocycles. The Morgan fingerprint density at radius 1 is 1.36 bits per heavy atom. The molecule has 0 spiro atoms. The molecule has 14 heavy (non-hydrogen) atoms. The summed E-state index contributed by atoms with van der Waals surface area (Å²) in [6.45, 7) is 1.15. The number of hydrogen-bond donors (Lipinski definition) is 1. The molecule has 0 saturated carbocycles. The summed E-state index contributed by atoms with van der Waals surface area (Å²) in [7, 11) is 1.55. The third kappa shape index (κ3) is 2.26. The van der Waals surface area contributed by atoms with E-state index in [-0.39, 0.29) is 12.1 Å². The number of halogens is 3. The van der Waals surface area contributed by atoms with Gasteiger partial charge >= 0.3 is 0 Å². The SMILES string of the molecule is CNCC(C)(F)c1cc(F)ccc1F. The fraction of sp³-hybridized carbons (Fsp3) is 0.400. The zero-order valence-corrected chi connectivity index (χ0v) is 8.07. The van der Waals surface area contributed by atoms with Crippen LogP contribution in [0.5, 0.6) is 0 Å². The van der Waals surface area contributed by atoms with Gasteiger partial charge < -0.3 is 5.32 Å². The lowest BCUT2D eigenvalue weighted by Gasteiger charge is -2.20. The standard InChI is InChI=1S/C10H12F3N/c1-10(13,6-14-2)8-5-7(11)3-4-9(8)12/h3-5,14H,6H2,1-2H3. The van der Waals surface area contributed by atoms with Crippen LogP contribution in [0.25, 0.3) is 0 Å². The minimum Gasteiger partial charge on any atom is -0.316 e. The second-order valence-electron chi connectivity index (χ2n) is 3.35. The van der Waals surface area contributed by atoms with Crippen molar-refractivity contribution in [1.29, 1.82) is 0 Å². The van der Waals surface area contributed by atoms with Crippen LogP contribution in [0.4, 0.5) is 13.2 Å². The summed E-state index contributed by atoms with van der Waals surface area (Å²) < 4.78 is 39.7. The highest BCUT2D eigenvalue weighted by molar-refractivity contribution is 5.25. The van der Waals surface area contributed by atoms with Gasteiger partial charge in [-0.15, -0.1) is 0 Å². The van der Waals surface area contributed by atoms with E-state index in [1.165, 1.54) is 6.92 Å². The molecule has 1 aromatic rings. The molecule has 1 rings (SSSR count). The van der Waals surface area contributed by atoms with Crippen molar-refractivity contribution in [3.8, 4) is 0 Å². The summed E-state index contributed by atoms with van der Waals surface area (Å²) in [6, 6.07) is 2.78. The molecule has 0 aliphatic carbocycles. The second kappa shape index (κ2) is 4.00. The summed E-state index contributed by atoms with van der Waals surface area (Å²) >= 11 is 0. The van der Waals surface area contributed by atoms with E-state index in [0.29, 0.717) is 0 Å². The molecular formula is C10H12F3N. The molecule has 1 aromatic carbocycles. The van der Waals surface area contributed by atoms with Crippen LogP contribution in [-0.4, -0.2) is 13.6 Å². The Morgan fingerprint density at radius 3 is 2.57 bits per heavy atom. The molecule has 1 nitrogen and oxygen atoms in total. The van der Waals surface area contributed by atoms with Crippen molar-refractivity contribution in [2.75, 3.05) is 13.6 Å². The van der Waals surface area contributed by atoms with E-state index in [1.807, 2.05) is 0 Å². The number of likely N-dealkylation sites (N-methyl/N-ethyl adjacent to an activating group) is 1. The maximum absolute atomic E-state index is 13.8. The second-order valence-corrected chi connectivity index (χ2v) is 3.35. The smallest absolute Gasteiger partial charge is 0.148 e. The van der Waals surface area contributed by atoms with Crippen molar-refractivity contribution in [2.24, 2.45) is 0 Å². The third-order valence-corrected chi connectivity index (χ3v) is 2.00.